The molecule has 0 aliphatic heterocycles. The Morgan fingerprint density at radius 2 is 1.94 bits per heavy atom. The normalized spacial score (nSPS) is 17.1. The smallest absolute Gasteiger partial charge is 0.317 e. The van der Waals surface area contributed by atoms with Gasteiger partial charge in [-0.15, -0.1) is 0 Å². The van der Waals surface area contributed by atoms with Crippen molar-refractivity contribution >= 4 is 12.0 Å². The van der Waals surface area contributed by atoms with Gasteiger partial charge < -0.3 is 15.3 Å². The highest BCUT2D eigenvalue weighted by Gasteiger charge is 2.34. The zero-order valence-corrected chi connectivity index (χ0v) is 11.7. The number of nitrogens with one attached hydrogen (secondary N) is 1. The lowest BCUT2D eigenvalue weighted by Gasteiger charge is -2.31. The summed E-state index contributed by atoms with van der Waals surface area (Å²) in [7, 11) is 0. The molecule has 0 aromatic rings. The molecular formula is C13H24N2O3. The molecule has 0 aromatic heterocycles. The van der Waals surface area contributed by atoms with E-state index < -0.39 is 5.97 Å². The summed E-state index contributed by atoms with van der Waals surface area (Å²) in [5.74, 6) is -0.864. The van der Waals surface area contributed by atoms with Gasteiger partial charge in [-0.2, -0.15) is 0 Å². The summed E-state index contributed by atoms with van der Waals surface area (Å²) >= 11 is 0. The fourth-order valence-electron chi connectivity index (χ4n) is 1.54. The van der Waals surface area contributed by atoms with Crippen LogP contribution in [0.1, 0.15) is 47.0 Å². The number of carboxylic acids is 1. The molecule has 1 atom stereocenters. The lowest BCUT2D eigenvalue weighted by atomic mass is 9.88. The quantitative estimate of drug-likeness (QED) is 0.791. The lowest BCUT2D eigenvalue weighted by molar-refractivity contribution is -0.137. The van der Waals surface area contributed by atoms with Crippen molar-refractivity contribution in [3.63, 3.8) is 0 Å². The average molecular weight is 256 g/mol. The van der Waals surface area contributed by atoms with Crippen LogP contribution in [0.15, 0.2) is 0 Å². The number of carbonyl (C=O) groups excluding carboxylic acids is 1. The zero-order chi connectivity index (χ0) is 13.9. The van der Waals surface area contributed by atoms with E-state index in [4.69, 9.17) is 5.11 Å². The van der Waals surface area contributed by atoms with Crippen LogP contribution >= 0.6 is 0 Å². The molecule has 1 unspecified atom stereocenters. The first-order chi connectivity index (χ1) is 8.21. The number of amides is 2. The number of urea groups is 1. The maximum absolute atomic E-state index is 12.1. The first kappa shape index (κ1) is 14.8. The maximum atomic E-state index is 12.1. The van der Waals surface area contributed by atoms with E-state index in [-0.39, 0.29) is 30.0 Å². The Labute approximate surface area is 109 Å². The first-order valence-corrected chi connectivity index (χ1v) is 6.50. The molecule has 1 aliphatic carbocycles. The van der Waals surface area contributed by atoms with Gasteiger partial charge in [-0.1, -0.05) is 20.8 Å². The minimum absolute atomic E-state index is 0.00230. The van der Waals surface area contributed by atoms with Gasteiger partial charge in [0.25, 0.3) is 0 Å². The summed E-state index contributed by atoms with van der Waals surface area (Å²) in [5.41, 5.74) is -0.00230. The molecule has 1 aliphatic rings. The summed E-state index contributed by atoms with van der Waals surface area (Å²) in [6.45, 7) is 8.47. The molecule has 0 aromatic carbocycles. The van der Waals surface area contributed by atoms with Crippen molar-refractivity contribution in [2.75, 3.05) is 6.54 Å². The van der Waals surface area contributed by atoms with Gasteiger partial charge in [0.05, 0.1) is 6.42 Å². The highest BCUT2D eigenvalue weighted by atomic mass is 16.4. The van der Waals surface area contributed by atoms with Crippen LogP contribution in [0, 0.1) is 5.41 Å². The van der Waals surface area contributed by atoms with Crippen molar-refractivity contribution in [1.82, 2.24) is 10.2 Å². The Morgan fingerprint density at radius 3 is 2.33 bits per heavy atom. The third-order valence-corrected chi connectivity index (χ3v) is 3.45. The number of aliphatic carboxylic acids is 1. The van der Waals surface area contributed by atoms with Gasteiger partial charge in [0.2, 0.25) is 0 Å². The predicted molar refractivity (Wildman–Crippen MR) is 69.4 cm³/mol. The molecule has 5 nitrogen and oxygen atoms in total. The largest absolute Gasteiger partial charge is 0.481 e. The van der Waals surface area contributed by atoms with Crippen molar-refractivity contribution < 1.29 is 14.7 Å². The summed E-state index contributed by atoms with van der Waals surface area (Å²) in [6, 6.07) is 0.147. The number of hydrogen-bond donors (Lipinski definition) is 2. The summed E-state index contributed by atoms with van der Waals surface area (Å²) < 4.78 is 0. The Balaban J connectivity index is 2.52. The molecule has 2 amide bonds. The standard InChI is InChI=1S/C13H24N2O3/c1-9(13(2,3)4)14-12(18)15(10-5-6-10)8-7-11(16)17/h9-10H,5-8H2,1-4H3,(H,14,18)(H,16,17). The van der Waals surface area contributed by atoms with Crippen molar-refractivity contribution in [3.05, 3.63) is 0 Å². The molecule has 0 bridgehead atoms. The summed E-state index contributed by atoms with van der Waals surface area (Å²) in [5, 5.41) is 11.7. The Kier molecular flexibility index (Phi) is 4.59. The van der Waals surface area contributed by atoms with Crippen LogP contribution in [-0.4, -0.2) is 40.6 Å². The van der Waals surface area contributed by atoms with Crippen LogP contribution in [0.5, 0.6) is 0 Å². The van der Waals surface area contributed by atoms with Crippen LogP contribution in [0.3, 0.4) is 0 Å². The fourth-order valence-corrected chi connectivity index (χ4v) is 1.54. The monoisotopic (exact) mass is 256 g/mol. The topological polar surface area (TPSA) is 69.6 Å². The number of hydrogen-bond acceptors (Lipinski definition) is 2. The predicted octanol–water partition coefficient (Wildman–Crippen LogP) is 2.07. The number of carboxylic acid groups (broad SMARTS) is 1. The Hall–Kier alpha value is -1.26. The number of carbonyl (C=O) groups is 2. The van der Waals surface area contributed by atoms with Gasteiger partial charge in [-0.3, -0.25) is 4.79 Å². The molecule has 0 spiro atoms. The first-order valence-electron chi connectivity index (χ1n) is 6.50. The Morgan fingerprint density at radius 1 is 1.39 bits per heavy atom. The average Bonchev–Trinajstić information content (AvgIpc) is 3.00. The van der Waals surface area contributed by atoms with Gasteiger partial charge in [-0.25, -0.2) is 4.79 Å². The van der Waals surface area contributed by atoms with Crippen molar-refractivity contribution in [1.29, 1.82) is 0 Å². The highest BCUT2D eigenvalue weighted by molar-refractivity contribution is 5.76. The van der Waals surface area contributed by atoms with E-state index in [0.717, 1.165) is 12.8 Å². The van der Waals surface area contributed by atoms with Crippen molar-refractivity contribution in [2.45, 2.75) is 59.0 Å². The van der Waals surface area contributed by atoms with E-state index in [1.54, 1.807) is 4.90 Å². The van der Waals surface area contributed by atoms with Gasteiger partial charge in [-0.05, 0) is 25.2 Å². The third-order valence-electron chi connectivity index (χ3n) is 3.45. The van der Waals surface area contributed by atoms with Crippen LogP contribution in [0.25, 0.3) is 0 Å². The summed E-state index contributed by atoms with van der Waals surface area (Å²) in [6.07, 6.45) is 1.97. The van der Waals surface area contributed by atoms with Gasteiger partial charge in [0, 0.05) is 18.6 Å². The molecule has 1 saturated carbocycles. The van der Waals surface area contributed by atoms with Gasteiger partial charge in [0.1, 0.15) is 0 Å². The summed E-state index contributed by atoms with van der Waals surface area (Å²) in [4.78, 5) is 24.4. The molecule has 5 heteroatoms. The van der Waals surface area contributed by atoms with Crippen LogP contribution < -0.4 is 5.32 Å². The van der Waals surface area contributed by atoms with E-state index in [1.807, 2.05) is 6.92 Å². The van der Waals surface area contributed by atoms with Crippen molar-refractivity contribution in [2.24, 2.45) is 5.41 Å². The number of rotatable bonds is 5. The molecular weight excluding hydrogens is 232 g/mol. The molecule has 2 N–H and O–H groups in total. The fraction of sp³-hybridized carbons (Fsp3) is 0.846. The van der Waals surface area contributed by atoms with E-state index in [1.165, 1.54) is 0 Å². The molecule has 1 fully saturated rings. The second-order valence-electron chi connectivity index (χ2n) is 6.11. The highest BCUT2D eigenvalue weighted by Crippen LogP contribution is 2.27. The van der Waals surface area contributed by atoms with Crippen LogP contribution in [0.2, 0.25) is 0 Å². The maximum Gasteiger partial charge on any atom is 0.317 e. The molecule has 104 valence electrons. The van der Waals surface area contributed by atoms with Crippen LogP contribution in [0.4, 0.5) is 4.79 Å². The van der Waals surface area contributed by atoms with Gasteiger partial charge >= 0.3 is 12.0 Å². The molecule has 0 saturated heterocycles. The molecule has 18 heavy (non-hydrogen) atoms. The SMILES string of the molecule is CC(NC(=O)N(CCC(=O)O)C1CC1)C(C)(C)C. The number of nitrogens with zero attached hydrogens (tertiary/aromatic N) is 1. The Bertz CT molecular complexity index is 319. The van der Waals surface area contributed by atoms with E-state index in [0.29, 0.717) is 6.54 Å². The van der Waals surface area contributed by atoms with E-state index in [9.17, 15) is 9.59 Å². The van der Waals surface area contributed by atoms with E-state index >= 15 is 0 Å². The zero-order valence-electron chi connectivity index (χ0n) is 11.7. The molecule has 0 radical (unpaired) electrons. The molecule has 0 heterocycles. The molecule has 1 rings (SSSR count). The van der Waals surface area contributed by atoms with Crippen molar-refractivity contribution in [3.8, 4) is 0 Å². The van der Waals surface area contributed by atoms with Gasteiger partial charge in [0.15, 0.2) is 0 Å². The second kappa shape index (κ2) is 5.59. The minimum Gasteiger partial charge on any atom is -0.481 e. The third kappa shape index (κ3) is 4.55. The van der Waals surface area contributed by atoms with Crippen LogP contribution in [-0.2, 0) is 4.79 Å². The lowest BCUT2D eigenvalue weighted by Crippen LogP contribution is -2.49. The van der Waals surface area contributed by atoms with E-state index in [2.05, 4.69) is 26.1 Å². The minimum atomic E-state index is -0.864. The second-order valence-corrected chi connectivity index (χ2v) is 6.11.